The summed E-state index contributed by atoms with van der Waals surface area (Å²) >= 11 is 6.62. The smallest absolute Gasteiger partial charge is 0.348 e. The van der Waals surface area contributed by atoms with Gasteiger partial charge in [0.05, 0.1) is 16.0 Å². The van der Waals surface area contributed by atoms with E-state index in [1.807, 2.05) is 19.2 Å². The van der Waals surface area contributed by atoms with Gasteiger partial charge in [-0.25, -0.2) is 4.79 Å². The maximum atomic E-state index is 11.6. The minimum Gasteiger partial charge on any atom is -0.462 e. The highest BCUT2D eigenvalue weighted by atomic mass is 79.9. The van der Waals surface area contributed by atoms with Gasteiger partial charge in [0.15, 0.2) is 0 Å². The van der Waals surface area contributed by atoms with Gasteiger partial charge >= 0.3 is 5.97 Å². The summed E-state index contributed by atoms with van der Waals surface area (Å²) in [6.45, 7) is 4.21. The molecule has 0 saturated carbocycles. The fourth-order valence-electron chi connectivity index (χ4n) is 1.35. The largest absolute Gasteiger partial charge is 0.462 e. The van der Waals surface area contributed by atoms with Crippen LogP contribution in [0.2, 0.25) is 0 Å². The fourth-order valence-corrected chi connectivity index (χ4v) is 4.45. The number of hydrogen-bond acceptors (Lipinski definition) is 4. The van der Waals surface area contributed by atoms with Crippen molar-refractivity contribution in [3.63, 3.8) is 0 Å². The molecule has 0 unspecified atom stereocenters. The van der Waals surface area contributed by atoms with Crippen LogP contribution in [-0.2, 0) is 4.74 Å². The van der Waals surface area contributed by atoms with Crippen molar-refractivity contribution >= 4 is 54.0 Å². The Morgan fingerprint density at radius 3 is 2.87 bits per heavy atom. The molecule has 0 aliphatic carbocycles. The predicted molar refractivity (Wildman–Crippen MR) is 68.1 cm³/mol. The molecular weight excluding hydrogens is 296 g/mol. The standard InChI is InChI=1S/C10H9BrO2S2/c1-3-13-10(12)8-5(2)7-9(15-8)6(11)4-14-7/h4H,3H2,1-2H3. The first kappa shape index (κ1) is 11.1. The molecule has 0 saturated heterocycles. The first-order chi connectivity index (χ1) is 7.15. The number of thiophene rings is 2. The summed E-state index contributed by atoms with van der Waals surface area (Å²) in [4.78, 5) is 12.3. The molecule has 0 fully saturated rings. The average molecular weight is 305 g/mol. The Bertz CT molecular complexity index is 513. The monoisotopic (exact) mass is 304 g/mol. The van der Waals surface area contributed by atoms with Crippen LogP contribution >= 0.6 is 38.6 Å². The molecule has 2 rings (SSSR count). The van der Waals surface area contributed by atoms with E-state index in [1.165, 1.54) is 16.0 Å². The third kappa shape index (κ3) is 1.84. The van der Waals surface area contributed by atoms with Crippen molar-refractivity contribution in [2.45, 2.75) is 13.8 Å². The number of rotatable bonds is 2. The predicted octanol–water partition coefficient (Wildman–Crippen LogP) is 4.21. The third-order valence-corrected chi connectivity index (χ3v) is 5.77. The number of hydrogen-bond donors (Lipinski definition) is 0. The van der Waals surface area contributed by atoms with Crippen LogP contribution in [0.5, 0.6) is 0 Å². The highest BCUT2D eigenvalue weighted by molar-refractivity contribution is 9.10. The van der Waals surface area contributed by atoms with Crippen molar-refractivity contribution in [1.29, 1.82) is 0 Å². The lowest BCUT2D eigenvalue weighted by atomic mass is 10.3. The molecule has 0 bridgehead atoms. The molecule has 0 spiro atoms. The van der Waals surface area contributed by atoms with Crippen LogP contribution < -0.4 is 0 Å². The van der Waals surface area contributed by atoms with Crippen LogP contribution in [0.15, 0.2) is 9.85 Å². The van der Waals surface area contributed by atoms with Gasteiger partial charge in [-0.3, -0.25) is 0 Å². The maximum absolute atomic E-state index is 11.6. The lowest BCUT2D eigenvalue weighted by Gasteiger charge is -1.98. The molecule has 2 heterocycles. The Morgan fingerprint density at radius 2 is 2.27 bits per heavy atom. The highest BCUT2D eigenvalue weighted by Gasteiger charge is 2.18. The molecule has 0 N–H and O–H groups in total. The summed E-state index contributed by atoms with van der Waals surface area (Å²) < 4.78 is 8.38. The number of fused-ring (bicyclic) bond motifs is 1. The van der Waals surface area contributed by atoms with Gasteiger partial charge < -0.3 is 4.74 Å². The Hall–Kier alpha value is -0.390. The van der Waals surface area contributed by atoms with Crippen molar-refractivity contribution < 1.29 is 9.53 Å². The summed E-state index contributed by atoms with van der Waals surface area (Å²) in [5, 5.41) is 2.04. The molecule has 0 radical (unpaired) electrons. The van der Waals surface area contributed by atoms with Crippen LogP contribution in [0.25, 0.3) is 9.40 Å². The molecule has 0 atom stereocenters. The Morgan fingerprint density at radius 1 is 1.53 bits per heavy atom. The van der Waals surface area contributed by atoms with Crippen molar-refractivity contribution in [2.75, 3.05) is 6.61 Å². The summed E-state index contributed by atoms with van der Waals surface area (Å²) in [7, 11) is 0. The lowest BCUT2D eigenvalue weighted by molar-refractivity contribution is 0.0531. The van der Waals surface area contributed by atoms with Crippen LogP contribution in [0.4, 0.5) is 0 Å². The second-order valence-corrected chi connectivity index (χ2v) is 5.77. The summed E-state index contributed by atoms with van der Waals surface area (Å²) in [5.74, 6) is -0.213. The summed E-state index contributed by atoms with van der Waals surface area (Å²) in [5.41, 5.74) is 1.03. The molecule has 15 heavy (non-hydrogen) atoms. The molecule has 5 heteroatoms. The molecule has 2 aromatic rings. The van der Waals surface area contributed by atoms with E-state index in [-0.39, 0.29) is 5.97 Å². The van der Waals surface area contributed by atoms with E-state index in [1.54, 1.807) is 11.3 Å². The van der Waals surface area contributed by atoms with Gasteiger partial charge in [-0.1, -0.05) is 0 Å². The maximum Gasteiger partial charge on any atom is 0.348 e. The normalized spacial score (nSPS) is 10.9. The number of ether oxygens (including phenoxy) is 1. The van der Waals surface area contributed by atoms with E-state index in [4.69, 9.17) is 4.74 Å². The van der Waals surface area contributed by atoms with Crippen molar-refractivity contribution in [3.05, 3.63) is 20.3 Å². The van der Waals surface area contributed by atoms with E-state index in [0.717, 1.165) is 19.6 Å². The molecule has 2 nitrogen and oxygen atoms in total. The summed E-state index contributed by atoms with van der Waals surface area (Å²) in [6, 6.07) is 0. The third-order valence-electron chi connectivity index (χ3n) is 2.05. The number of carbonyl (C=O) groups excluding carboxylic acids is 1. The van der Waals surface area contributed by atoms with Gasteiger partial charge in [0.2, 0.25) is 0 Å². The minimum atomic E-state index is -0.213. The molecule has 0 aliphatic heterocycles. The second kappa shape index (κ2) is 4.23. The van der Waals surface area contributed by atoms with Gasteiger partial charge in [-0.05, 0) is 35.3 Å². The zero-order chi connectivity index (χ0) is 11.0. The van der Waals surface area contributed by atoms with Crippen molar-refractivity contribution in [3.8, 4) is 0 Å². The fraction of sp³-hybridized carbons (Fsp3) is 0.300. The van der Waals surface area contributed by atoms with Crippen LogP contribution in [-0.4, -0.2) is 12.6 Å². The Labute approximate surface area is 104 Å². The molecule has 80 valence electrons. The topological polar surface area (TPSA) is 26.3 Å². The molecule has 2 aromatic heterocycles. The van der Waals surface area contributed by atoms with Gasteiger partial charge in [-0.2, -0.15) is 0 Å². The van der Waals surface area contributed by atoms with Gasteiger partial charge in [-0.15, -0.1) is 22.7 Å². The number of aryl methyl sites for hydroxylation is 1. The molecule has 0 aliphatic rings. The first-order valence-corrected chi connectivity index (χ1v) is 6.97. The Balaban J connectivity index is 2.53. The molecular formula is C10H9BrO2S2. The zero-order valence-electron chi connectivity index (χ0n) is 8.30. The molecule has 0 amide bonds. The van der Waals surface area contributed by atoms with Crippen molar-refractivity contribution in [2.24, 2.45) is 0 Å². The quantitative estimate of drug-likeness (QED) is 0.777. The Kier molecular flexibility index (Phi) is 3.13. The number of carbonyl (C=O) groups is 1. The number of halogens is 1. The van der Waals surface area contributed by atoms with Crippen LogP contribution in [0.3, 0.4) is 0 Å². The van der Waals surface area contributed by atoms with Crippen LogP contribution in [0.1, 0.15) is 22.2 Å². The first-order valence-electron chi connectivity index (χ1n) is 4.48. The van der Waals surface area contributed by atoms with E-state index < -0.39 is 0 Å². The van der Waals surface area contributed by atoms with E-state index in [2.05, 4.69) is 15.9 Å². The van der Waals surface area contributed by atoms with Crippen LogP contribution in [0, 0.1) is 6.92 Å². The molecule has 0 aromatic carbocycles. The van der Waals surface area contributed by atoms with E-state index in [9.17, 15) is 4.79 Å². The van der Waals surface area contributed by atoms with Gasteiger partial charge in [0.25, 0.3) is 0 Å². The number of esters is 1. The minimum absolute atomic E-state index is 0.213. The van der Waals surface area contributed by atoms with E-state index >= 15 is 0 Å². The van der Waals surface area contributed by atoms with Gasteiger partial charge in [0.1, 0.15) is 4.88 Å². The average Bonchev–Trinajstić information content (AvgIpc) is 2.70. The second-order valence-electron chi connectivity index (χ2n) is 3.02. The van der Waals surface area contributed by atoms with E-state index in [0.29, 0.717) is 6.61 Å². The highest BCUT2D eigenvalue weighted by Crippen LogP contribution is 2.40. The van der Waals surface area contributed by atoms with Gasteiger partial charge in [0, 0.05) is 9.85 Å². The summed E-state index contributed by atoms with van der Waals surface area (Å²) in [6.07, 6.45) is 0. The SMILES string of the molecule is CCOC(=O)c1sc2c(Br)csc2c1C. The van der Waals surface area contributed by atoms with Crippen molar-refractivity contribution in [1.82, 2.24) is 0 Å². The lowest BCUT2D eigenvalue weighted by Crippen LogP contribution is -2.03. The zero-order valence-corrected chi connectivity index (χ0v) is 11.5.